The van der Waals surface area contributed by atoms with Gasteiger partial charge in [-0.15, -0.1) is 0 Å². The van der Waals surface area contributed by atoms with Crippen LogP contribution < -0.4 is 38.0 Å². The number of hydrogen-bond acceptors (Lipinski definition) is 16. The Morgan fingerprint density at radius 3 is 1.96 bits per heavy atom. The minimum atomic E-state index is -5.24. The Hall–Kier alpha value is -2.58. The Kier molecular flexibility index (Phi) is 13.1. The molecule has 2 fully saturated rings. The molecular weight excluding hydrogens is 684 g/mol. The topological polar surface area (TPSA) is 292 Å². The van der Waals surface area contributed by atoms with E-state index in [0.717, 1.165) is 22.0 Å². The second-order valence-corrected chi connectivity index (χ2v) is 14.2. The van der Waals surface area contributed by atoms with Crippen LogP contribution in [0.4, 0.5) is 0 Å². The maximum absolute atomic E-state index is 12.9. The van der Waals surface area contributed by atoms with Crippen molar-refractivity contribution in [3.05, 3.63) is 65.2 Å². The van der Waals surface area contributed by atoms with Gasteiger partial charge in [0, 0.05) is 36.4 Å². The Balaban J connectivity index is 1.41. The van der Waals surface area contributed by atoms with Crippen molar-refractivity contribution in [2.45, 2.75) is 89.2 Å². The Morgan fingerprint density at radius 1 is 0.833 bits per heavy atom. The Labute approximate surface area is 272 Å². The molecule has 8 atom stereocenters. The first-order chi connectivity index (χ1) is 22.6. The molecule has 0 aliphatic carbocycles. The van der Waals surface area contributed by atoms with E-state index >= 15 is 0 Å². The minimum Gasteiger partial charge on any atom is -0.756 e. The van der Waals surface area contributed by atoms with Crippen molar-refractivity contribution in [1.29, 1.82) is 0 Å². The van der Waals surface area contributed by atoms with Gasteiger partial charge in [0.25, 0.3) is 26.8 Å². The van der Waals surface area contributed by atoms with Crippen LogP contribution in [0.15, 0.2) is 31.6 Å². The summed E-state index contributed by atoms with van der Waals surface area (Å²) in [6.07, 6.45) is -2.90. The number of nitrogens with zero attached hydrogens (tertiary/aromatic N) is 2. The van der Waals surface area contributed by atoms with Gasteiger partial charge in [0.1, 0.15) is 24.7 Å². The molecule has 22 heteroatoms. The summed E-state index contributed by atoms with van der Waals surface area (Å²) in [6, 6.07) is 0. The maximum Gasteiger partial charge on any atom is 0.330 e. The molecule has 0 aromatic carbocycles. The molecule has 0 saturated carbocycles. The number of phosphoric acid groups is 2. The largest absolute Gasteiger partial charge is 0.756 e. The van der Waals surface area contributed by atoms with E-state index in [1.807, 2.05) is 0 Å². The predicted molar refractivity (Wildman–Crippen MR) is 161 cm³/mol. The van der Waals surface area contributed by atoms with Crippen LogP contribution in [0.1, 0.15) is 62.1 Å². The van der Waals surface area contributed by atoms with Crippen LogP contribution in [0, 0.1) is 13.8 Å². The number of nitrogens with one attached hydrogen (secondary N) is 2. The summed E-state index contributed by atoms with van der Waals surface area (Å²) in [5.41, 5.74) is 2.88. The number of aryl methyl sites for hydroxylation is 2. The lowest BCUT2D eigenvalue weighted by atomic mass is 10.2. The second-order valence-electron chi connectivity index (χ2n) is 11.4. The zero-order valence-corrected chi connectivity index (χ0v) is 28.0. The molecular formula is C26H39N5O15P2-2. The van der Waals surface area contributed by atoms with E-state index in [-0.39, 0.29) is 30.6 Å². The van der Waals surface area contributed by atoms with Crippen LogP contribution in [0.2, 0.25) is 0 Å². The molecule has 0 radical (unpaired) electrons. The van der Waals surface area contributed by atoms with E-state index in [1.165, 1.54) is 26.2 Å². The first-order valence-electron chi connectivity index (χ1n) is 15.2. The molecule has 0 amide bonds. The van der Waals surface area contributed by atoms with E-state index in [2.05, 4.69) is 9.97 Å². The summed E-state index contributed by atoms with van der Waals surface area (Å²) in [7, 11) is -10.1. The van der Waals surface area contributed by atoms with Crippen LogP contribution in [0.5, 0.6) is 0 Å². The molecule has 48 heavy (non-hydrogen) atoms. The lowest BCUT2D eigenvalue weighted by molar-refractivity contribution is -0.236. The Morgan fingerprint density at radius 2 is 1.35 bits per heavy atom. The number of unbranched alkanes of at least 4 members (excludes halogenated alkanes) is 3. The molecule has 20 nitrogen and oxygen atoms in total. The quantitative estimate of drug-likeness (QED) is 0.107. The number of phosphoric ester groups is 2. The van der Waals surface area contributed by atoms with E-state index in [1.54, 1.807) is 0 Å². The summed E-state index contributed by atoms with van der Waals surface area (Å²) in [4.78, 5) is 77.8. The number of aliphatic hydroxyl groups excluding tert-OH is 1. The number of aliphatic hydroxyl groups is 1. The van der Waals surface area contributed by atoms with Gasteiger partial charge in [-0.25, -0.2) is 9.59 Å². The molecule has 0 spiro atoms. The monoisotopic (exact) mass is 723 g/mol. The van der Waals surface area contributed by atoms with Crippen LogP contribution in [0.25, 0.3) is 0 Å². The summed E-state index contributed by atoms with van der Waals surface area (Å²) in [5.74, 6) is 0. The molecule has 2 aromatic rings. The molecule has 2 aliphatic rings. The minimum absolute atomic E-state index is 0.126. The number of rotatable bonds is 17. The van der Waals surface area contributed by atoms with Gasteiger partial charge in [-0.3, -0.25) is 37.8 Å². The predicted octanol–water partition coefficient (Wildman–Crippen LogP) is -1.47. The maximum atomic E-state index is 12.9. The third-order valence-electron chi connectivity index (χ3n) is 7.70. The molecule has 2 aromatic heterocycles. The van der Waals surface area contributed by atoms with Crippen molar-refractivity contribution in [3.63, 3.8) is 0 Å². The summed E-state index contributed by atoms with van der Waals surface area (Å²) in [5, 5.41) is 10.5. The smallest absolute Gasteiger partial charge is 0.330 e. The van der Waals surface area contributed by atoms with Gasteiger partial charge in [-0.2, -0.15) is 0 Å². The molecule has 4 heterocycles. The zero-order chi connectivity index (χ0) is 35.2. The standard InChI is InChI=1S/C26H41N5O15P2/c1-15-11-30(25(35)28-23(15)33)21-9-17(32)19(44-21)13-43-48(39,40)46-18-10-22(31-12-16(2)24(34)29-26(31)36)45-20(18)14-42-47(37,38)41-8-6-4-3-5-7-27/h11-12,17-22,32H,3-10,13-14,27H2,1-2H3,(H,37,38)(H,39,40)(H,28,33,35)(H,29,34,36)/p-2. The van der Waals surface area contributed by atoms with Gasteiger partial charge in [-0.1, -0.05) is 12.8 Å². The summed E-state index contributed by atoms with van der Waals surface area (Å²) >= 11 is 0. The van der Waals surface area contributed by atoms with E-state index < -0.39 is 88.2 Å². The van der Waals surface area contributed by atoms with Crippen LogP contribution >= 0.6 is 15.6 Å². The van der Waals surface area contributed by atoms with Crippen molar-refractivity contribution in [2.75, 3.05) is 26.4 Å². The number of aromatic nitrogens is 4. The molecule has 4 rings (SSSR count). The molecule has 0 bridgehead atoms. The molecule has 2 aliphatic heterocycles. The fourth-order valence-electron chi connectivity index (χ4n) is 5.11. The number of ether oxygens (including phenoxy) is 2. The third kappa shape index (κ3) is 10.2. The number of hydrogen-bond donors (Lipinski definition) is 4. The number of nitrogens with two attached hydrogens (primary N) is 1. The average molecular weight is 724 g/mol. The fraction of sp³-hybridized carbons (Fsp3) is 0.692. The van der Waals surface area contributed by atoms with E-state index in [4.69, 9.17) is 33.3 Å². The lowest BCUT2D eigenvalue weighted by Crippen LogP contribution is -2.34. The lowest BCUT2D eigenvalue weighted by Gasteiger charge is -2.30. The third-order valence-corrected chi connectivity index (χ3v) is 9.66. The highest BCUT2D eigenvalue weighted by atomic mass is 31.2. The summed E-state index contributed by atoms with van der Waals surface area (Å²) < 4.78 is 58.7. The van der Waals surface area contributed by atoms with E-state index in [0.29, 0.717) is 19.4 Å². The van der Waals surface area contributed by atoms with Crippen LogP contribution in [-0.4, -0.2) is 75.0 Å². The van der Waals surface area contributed by atoms with Gasteiger partial charge in [0.15, 0.2) is 0 Å². The average Bonchev–Trinajstić information content (AvgIpc) is 3.58. The first-order valence-corrected chi connectivity index (χ1v) is 18.1. The van der Waals surface area contributed by atoms with Gasteiger partial charge in [0.05, 0.1) is 32.0 Å². The second kappa shape index (κ2) is 16.4. The first kappa shape index (κ1) is 38.2. The highest BCUT2D eigenvalue weighted by molar-refractivity contribution is 7.46. The van der Waals surface area contributed by atoms with Gasteiger partial charge < -0.3 is 48.2 Å². The number of H-pyrrole nitrogens is 2. The van der Waals surface area contributed by atoms with Crippen molar-refractivity contribution in [1.82, 2.24) is 19.1 Å². The van der Waals surface area contributed by atoms with Crippen LogP contribution in [-0.2, 0) is 36.7 Å². The van der Waals surface area contributed by atoms with Crippen molar-refractivity contribution in [2.24, 2.45) is 5.73 Å². The van der Waals surface area contributed by atoms with E-state index in [9.17, 15) is 43.2 Å². The highest BCUT2D eigenvalue weighted by Crippen LogP contribution is 2.47. The fourth-order valence-corrected chi connectivity index (χ4v) is 6.81. The Bertz CT molecular complexity index is 1740. The molecule has 8 unspecified atom stereocenters. The normalized spacial score (nSPS) is 26.8. The highest BCUT2D eigenvalue weighted by Gasteiger charge is 2.42. The molecule has 270 valence electrons. The number of aromatic amines is 2. The summed E-state index contributed by atoms with van der Waals surface area (Å²) in [6.45, 7) is 1.76. The van der Waals surface area contributed by atoms with Crippen molar-refractivity contribution < 1.29 is 51.6 Å². The molecule has 5 N–H and O–H groups in total. The van der Waals surface area contributed by atoms with Gasteiger partial charge >= 0.3 is 11.4 Å². The SMILES string of the molecule is Cc1cn(C2CC(O)C(COP(=O)([O-])OC3CC(n4cc(C)c(=O)[nH]c4=O)OC3COP(=O)([O-])OCCCCCCN)O2)c(=O)[nH]c1=O. The van der Waals surface area contributed by atoms with Crippen molar-refractivity contribution in [3.8, 4) is 0 Å². The molecule has 2 saturated heterocycles. The van der Waals surface area contributed by atoms with Gasteiger partial charge in [0.2, 0.25) is 0 Å². The van der Waals surface area contributed by atoms with Gasteiger partial charge in [-0.05, 0) is 33.2 Å². The zero-order valence-electron chi connectivity index (χ0n) is 26.2. The van der Waals surface area contributed by atoms with Crippen molar-refractivity contribution >= 4 is 15.6 Å². The van der Waals surface area contributed by atoms with Crippen LogP contribution in [0.3, 0.4) is 0 Å².